The highest BCUT2D eigenvalue weighted by molar-refractivity contribution is 5.89. The van der Waals surface area contributed by atoms with Gasteiger partial charge in [0.2, 0.25) is 5.91 Å². The van der Waals surface area contributed by atoms with Crippen LogP contribution in [0.1, 0.15) is 53.9 Å². The molecule has 23 heavy (non-hydrogen) atoms. The molecule has 134 valence electrons. The molecule has 0 aromatic carbocycles. The topological polar surface area (TPSA) is 93.7 Å². The highest BCUT2D eigenvalue weighted by atomic mass is 16.5. The van der Waals surface area contributed by atoms with Crippen LogP contribution in [0.25, 0.3) is 0 Å². The zero-order chi connectivity index (χ0) is 17.8. The lowest BCUT2D eigenvalue weighted by molar-refractivity contribution is -0.148. The molecule has 0 aliphatic heterocycles. The molecule has 7 nitrogen and oxygen atoms in total. The zero-order valence-electron chi connectivity index (χ0n) is 14.8. The predicted octanol–water partition coefficient (Wildman–Crippen LogP) is 2.00. The van der Waals surface area contributed by atoms with Crippen molar-refractivity contribution >= 4 is 18.0 Å². The van der Waals surface area contributed by atoms with Gasteiger partial charge in [-0.05, 0) is 32.6 Å². The largest absolute Gasteiger partial charge is 0.464 e. The second-order valence-corrected chi connectivity index (χ2v) is 5.80. The molecule has 0 heterocycles. The first-order chi connectivity index (χ1) is 10.8. The Morgan fingerprint density at radius 1 is 1.00 bits per heavy atom. The van der Waals surface area contributed by atoms with Crippen molar-refractivity contribution in [3.05, 3.63) is 0 Å². The van der Waals surface area contributed by atoms with Crippen molar-refractivity contribution in [2.75, 3.05) is 13.2 Å². The molecule has 0 spiro atoms. The lowest BCUT2D eigenvalue weighted by atomic mass is 10.0. The van der Waals surface area contributed by atoms with Crippen LogP contribution in [0.5, 0.6) is 0 Å². The molecule has 0 rings (SSSR count). The molecule has 2 amide bonds. The number of unbranched alkanes of at least 4 members (excludes halogenated alkanes) is 1. The quantitative estimate of drug-likeness (QED) is 0.472. The van der Waals surface area contributed by atoms with E-state index in [0.717, 1.165) is 12.8 Å². The SMILES string of the molecule is CCCCOC(=O)C(CC(C)C)NC(=O)C(C)NC(=O)OCC. The first kappa shape index (κ1) is 21.2. The van der Waals surface area contributed by atoms with Gasteiger partial charge in [0.05, 0.1) is 13.2 Å². The van der Waals surface area contributed by atoms with Crippen LogP contribution in [0, 0.1) is 5.92 Å². The number of alkyl carbamates (subject to hydrolysis) is 1. The minimum Gasteiger partial charge on any atom is -0.464 e. The van der Waals surface area contributed by atoms with Gasteiger partial charge in [0, 0.05) is 0 Å². The molecule has 0 radical (unpaired) electrons. The van der Waals surface area contributed by atoms with Crippen LogP contribution in [-0.2, 0) is 19.1 Å². The van der Waals surface area contributed by atoms with Crippen LogP contribution >= 0.6 is 0 Å². The van der Waals surface area contributed by atoms with E-state index in [-0.39, 0.29) is 12.5 Å². The Balaban J connectivity index is 4.58. The maximum absolute atomic E-state index is 12.1. The van der Waals surface area contributed by atoms with Crippen LogP contribution in [0.15, 0.2) is 0 Å². The summed E-state index contributed by atoms with van der Waals surface area (Å²) in [5.74, 6) is -0.674. The van der Waals surface area contributed by atoms with Crippen molar-refractivity contribution in [2.45, 2.75) is 66.0 Å². The summed E-state index contributed by atoms with van der Waals surface area (Å²) in [6.07, 6.45) is 1.52. The van der Waals surface area contributed by atoms with E-state index < -0.39 is 30.1 Å². The Morgan fingerprint density at radius 3 is 2.17 bits per heavy atom. The fourth-order valence-corrected chi connectivity index (χ4v) is 1.81. The molecular formula is C16H30N2O5. The normalized spacial score (nSPS) is 13.1. The third-order valence-electron chi connectivity index (χ3n) is 3.05. The fraction of sp³-hybridized carbons (Fsp3) is 0.812. The maximum atomic E-state index is 12.1. The van der Waals surface area contributed by atoms with E-state index in [0.29, 0.717) is 13.0 Å². The summed E-state index contributed by atoms with van der Waals surface area (Å²) in [6, 6.07) is -1.52. The highest BCUT2D eigenvalue weighted by Gasteiger charge is 2.26. The first-order valence-electron chi connectivity index (χ1n) is 8.22. The summed E-state index contributed by atoms with van der Waals surface area (Å²) in [4.78, 5) is 35.5. The van der Waals surface area contributed by atoms with Gasteiger partial charge in [-0.2, -0.15) is 0 Å². The summed E-state index contributed by atoms with van der Waals surface area (Å²) in [6.45, 7) is 9.69. The average molecular weight is 330 g/mol. The zero-order valence-corrected chi connectivity index (χ0v) is 14.8. The van der Waals surface area contributed by atoms with E-state index >= 15 is 0 Å². The van der Waals surface area contributed by atoms with Gasteiger partial charge in [0.1, 0.15) is 12.1 Å². The summed E-state index contributed by atoms with van der Waals surface area (Å²) >= 11 is 0. The van der Waals surface area contributed by atoms with Gasteiger partial charge >= 0.3 is 12.1 Å². The van der Waals surface area contributed by atoms with Gasteiger partial charge in [-0.25, -0.2) is 9.59 Å². The molecule has 2 N–H and O–H groups in total. The number of carbonyl (C=O) groups is 3. The van der Waals surface area contributed by atoms with Gasteiger partial charge in [-0.1, -0.05) is 27.2 Å². The van der Waals surface area contributed by atoms with Crippen molar-refractivity contribution in [3.63, 3.8) is 0 Å². The van der Waals surface area contributed by atoms with Crippen molar-refractivity contribution in [1.82, 2.24) is 10.6 Å². The van der Waals surface area contributed by atoms with Crippen molar-refractivity contribution in [3.8, 4) is 0 Å². The molecule has 0 fully saturated rings. The van der Waals surface area contributed by atoms with Gasteiger partial charge < -0.3 is 20.1 Å². The molecule has 0 saturated heterocycles. The summed E-state index contributed by atoms with van der Waals surface area (Å²) in [5, 5.41) is 5.04. The van der Waals surface area contributed by atoms with Crippen LogP contribution in [0.3, 0.4) is 0 Å². The third kappa shape index (κ3) is 9.76. The van der Waals surface area contributed by atoms with Gasteiger partial charge in [0.25, 0.3) is 0 Å². The Labute approximate surface area is 138 Å². The number of esters is 1. The van der Waals surface area contributed by atoms with E-state index in [9.17, 15) is 14.4 Å². The average Bonchev–Trinajstić information content (AvgIpc) is 2.46. The molecular weight excluding hydrogens is 300 g/mol. The first-order valence-corrected chi connectivity index (χ1v) is 8.22. The molecule has 0 aliphatic carbocycles. The van der Waals surface area contributed by atoms with Crippen LogP contribution in [-0.4, -0.2) is 43.3 Å². The van der Waals surface area contributed by atoms with E-state index in [2.05, 4.69) is 10.6 Å². The second-order valence-electron chi connectivity index (χ2n) is 5.80. The summed E-state index contributed by atoms with van der Waals surface area (Å²) in [7, 11) is 0. The van der Waals surface area contributed by atoms with Crippen molar-refractivity contribution in [1.29, 1.82) is 0 Å². The molecule has 0 aromatic rings. The Morgan fingerprint density at radius 2 is 1.65 bits per heavy atom. The van der Waals surface area contributed by atoms with Gasteiger partial charge in [-0.15, -0.1) is 0 Å². The number of amides is 2. The number of hydrogen-bond donors (Lipinski definition) is 2. The smallest absolute Gasteiger partial charge is 0.407 e. The van der Waals surface area contributed by atoms with Gasteiger partial charge in [0.15, 0.2) is 0 Å². The Kier molecular flexibility index (Phi) is 10.8. The molecule has 0 aliphatic rings. The molecule has 0 aromatic heterocycles. The van der Waals surface area contributed by atoms with E-state index in [1.165, 1.54) is 6.92 Å². The standard InChI is InChI=1S/C16H30N2O5/c1-6-8-9-23-15(20)13(10-11(3)4)18-14(19)12(5)17-16(21)22-7-2/h11-13H,6-10H2,1-5H3,(H,17,21)(H,18,19). The van der Waals surface area contributed by atoms with E-state index in [1.807, 2.05) is 20.8 Å². The highest BCUT2D eigenvalue weighted by Crippen LogP contribution is 2.07. The monoisotopic (exact) mass is 330 g/mol. The Hall–Kier alpha value is -1.79. The molecule has 2 atom stereocenters. The molecule has 0 saturated carbocycles. The predicted molar refractivity (Wildman–Crippen MR) is 86.9 cm³/mol. The number of nitrogens with one attached hydrogen (secondary N) is 2. The lowest BCUT2D eigenvalue weighted by Crippen LogP contribution is -2.51. The minimum atomic E-state index is -0.799. The number of carbonyl (C=O) groups excluding carboxylic acids is 3. The maximum Gasteiger partial charge on any atom is 0.407 e. The minimum absolute atomic E-state index is 0.215. The number of rotatable bonds is 10. The summed E-state index contributed by atoms with van der Waals surface area (Å²) in [5.41, 5.74) is 0. The number of ether oxygens (including phenoxy) is 2. The number of hydrogen-bond acceptors (Lipinski definition) is 5. The summed E-state index contributed by atoms with van der Waals surface area (Å²) < 4.78 is 9.90. The van der Waals surface area contributed by atoms with Crippen molar-refractivity contribution < 1.29 is 23.9 Å². The third-order valence-corrected chi connectivity index (χ3v) is 3.05. The molecule has 0 bridgehead atoms. The van der Waals surface area contributed by atoms with Crippen LogP contribution in [0.4, 0.5) is 4.79 Å². The lowest BCUT2D eigenvalue weighted by Gasteiger charge is -2.21. The van der Waals surface area contributed by atoms with E-state index in [1.54, 1.807) is 6.92 Å². The van der Waals surface area contributed by atoms with Crippen LogP contribution < -0.4 is 10.6 Å². The van der Waals surface area contributed by atoms with Crippen LogP contribution in [0.2, 0.25) is 0 Å². The molecule has 2 unspecified atom stereocenters. The Bertz CT molecular complexity index is 385. The van der Waals surface area contributed by atoms with E-state index in [4.69, 9.17) is 9.47 Å². The van der Waals surface area contributed by atoms with Crippen molar-refractivity contribution in [2.24, 2.45) is 5.92 Å². The second kappa shape index (κ2) is 11.7. The van der Waals surface area contributed by atoms with Gasteiger partial charge in [-0.3, -0.25) is 4.79 Å². The fourth-order valence-electron chi connectivity index (χ4n) is 1.81. The molecule has 7 heteroatoms.